The Kier molecular flexibility index (Phi) is 3.83. The Morgan fingerprint density at radius 1 is 1.24 bits per heavy atom. The van der Waals surface area contributed by atoms with E-state index in [4.69, 9.17) is 0 Å². The summed E-state index contributed by atoms with van der Waals surface area (Å²) in [5, 5.41) is 17.0. The zero-order chi connectivity index (χ0) is 14.7. The van der Waals surface area contributed by atoms with Crippen molar-refractivity contribution >= 4 is 11.5 Å². The van der Waals surface area contributed by atoms with Gasteiger partial charge in [0, 0.05) is 17.8 Å². The summed E-state index contributed by atoms with van der Waals surface area (Å²) >= 11 is 0. The molecule has 1 aromatic carbocycles. The zero-order valence-electron chi connectivity index (χ0n) is 11.9. The number of anilines is 1. The standard InChI is InChI=1S/C16H18N4O/c1-2-13(11-21)17-15-8-9-20-16(18-15)10-14(19-20)12-6-4-3-5-7-12/h3-10,13,21H,2,11H2,1H3,(H,17,18). The van der Waals surface area contributed by atoms with Crippen LogP contribution in [0.25, 0.3) is 16.9 Å². The molecule has 0 aliphatic rings. The van der Waals surface area contributed by atoms with Crippen LogP contribution in [0.2, 0.25) is 0 Å². The second-order valence-electron chi connectivity index (χ2n) is 4.94. The molecule has 2 N–H and O–H groups in total. The minimum absolute atomic E-state index is 0.0245. The topological polar surface area (TPSA) is 62.5 Å². The molecule has 0 saturated heterocycles. The Balaban J connectivity index is 1.92. The first-order valence-electron chi connectivity index (χ1n) is 7.09. The lowest BCUT2D eigenvalue weighted by atomic mass is 10.2. The maximum absolute atomic E-state index is 9.25. The molecule has 0 aliphatic heterocycles. The molecule has 0 saturated carbocycles. The van der Waals surface area contributed by atoms with Crippen molar-refractivity contribution in [3.63, 3.8) is 0 Å². The van der Waals surface area contributed by atoms with Gasteiger partial charge in [0.25, 0.3) is 0 Å². The van der Waals surface area contributed by atoms with Gasteiger partial charge < -0.3 is 10.4 Å². The van der Waals surface area contributed by atoms with E-state index in [0.717, 1.165) is 29.1 Å². The van der Waals surface area contributed by atoms with Gasteiger partial charge in [0.2, 0.25) is 0 Å². The van der Waals surface area contributed by atoms with Crippen molar-refractivity contribution in [3.8, 4) is 11.3 Å². The summed E-state index contributed by atoms with van der Waals surface area (Å²) in [5.41, 5.74) is 2.75. The minimum atomic E-state index is 0.0245. The van der Waals surface area contributed by atoms with E-state index in [9.17, 15) is 5.11 Å². The molecular weight excluding hydrogens is 264 g/mol. The lowest BCUT2D eigenvalue weighted by molar-refractivity contribution is 0.271. The van der Waals surface area contributed by atoms with Gasteiger partial charge in [-0.25, -0.2) is 9.50 Å². The molecule has 0 amide bonds. The highest BCUT2D eigenvalue weighted by atomic mass is 16.3. The number of aliphatic hydroxyl groups excluding tert-OH is 1. The van der Waals surface area contributed by atoms with Gasteiger partial charge in [-0.2, -0.15) is 5.10 Å². The quantitative estimate of drug-likeness (QED) is 0.755. The summed E-state index contributed by atoms with van der Waals surface area (Å²) in [7, 11) is 0. The van der Waals surface area contributed by atoms with Crippen LogP contribution in [0, 0.1) is 0 Å². The maximum Gasteiger partial charge on any atom is 0.157 e. The fourth-order valence-corrected chi connectivity index (χ4v) is 2.20. The smallest absolute Gasteiger partial charge is 0.157 e. The molecule has 0 spiro atoms. The van der Waals surface area contributed by atoms with Crippen LogP contribution in [-0.2, 0) is 0 Å². The number of nitrogens with zero attached hydrogens (tertiary/aromatic N) is 3. The number of fused-ring (bicyclic) bond motifs is 1. The molecule has 2 aromatic heterocycles. The van der Waals surface area contributed by atoms with Gasteiger partial charge in [-0.15, -0.1) is 0 Å². The van der Waals surface area contributed by atoms with E-state index in [0.29, 0.717) is 0 Å². The molecule has 5 heteroatoms. The molecule has 21 heavy (non-hydrogen) atoms. The monoisotopic (exact) mass is 282 g/mol. The number of hydrogen-bond donors (Lipinski definition) is 2. The summed E-state index contributed by atoms with van der Waals surface area (Å²) in [5.74, 6) is 0.753. The number of benzene rings is 1. The molecule has 0 fully saturated rings. The second kappa shape index (κ2) is 5.93. The van der Waals surface area contributed by atoms with Gasteiger partial charge in [0.1, 0.15) is 5.82 Å². The Labute approximate surface area is 123 Å². The highest BCUT2D eigenvalue weighted by molar-refractivity contribution is 5.64. The van der Waals surface area contributed by atoms with E-state index in [-0.39, 0.29) is 12.6 Å². The summed E-state index contributed by atoms with van der Waals surface area (Å²) in [4.78, 5) is 4.54. The Morgan fingerprint density at radius 2 is 2.05 bits per heavy atom. The highest BCUT2D eigenvalue weighted by Crippen LogP contribution is 2.19. The predicted octanol–water partition coefficient (Wildman–Crippen LogP) is 2.58. The van der Waals surface area contributed by atoms with E-state index in [2.05, 4.69) is 15.4 Å². The minimum Gasteiger partial charge on any atom is -0.394 e. The average molecular weight is 282 g/mol. The van der Waals surface area contributed by atoms with E-state index in [1.54, 1.807) is 4.52 Å². The van der Waals surface area contributed by atoms with Crippen LogP contribution >= 0.6 is 0 Å². The second-order valence-corrected chi connectivity index (χ2v) is 4.94. The van der Waals surface area contributed by atoms with Crippen molar-refractivity contribution in [3.05, 3.63) is 48.7 Å². The first kappa shape index (κ1) is 13.6. The fraction of sp³-hybridized carbons (Fsp3) is 0.250. The van der Waals surface area contributed by atoms with Crippen LogP contribution in [0.15, 0.2) is 48.7 Å². The number of rotatable bonds is 5. The average Bonchev–Trinajstić information content (AvgIpc) is 2.96. The van der Waals surface area contributed by atoms with Gasteiger partial charge >= 0.3 is 0 Å². The zero-order valence-corrected chi connectivity index (χ0v) is 11.9. The SMILES string of the molecule is CCC(CO)Nc1ccn2nc(-c3ccccc3)cc2n1. The predicted molar refractivity (Wildman–Crippen MR) is 83.2 cm³/mol. The summed E-state index contributed by atoms with van der Waals surface area (Å²) < 4.78 is 1.76. The van der Waals surface area contributed by atoms with Crippen LogP contribution in [0.3, 0.4) is 0 Å². The largest absolute Gasteiger partial charge is 0.394 e. The lowest BCUT2D eigenvalue weighted by Crippen LogP contribution is -2.23. The van der Waals surface area contributed by atoms with Crippen LogP contribution in [-0.4, -0.2) is 32.4 Å². The Morgan fingerprint density at radius 3 is 2.76 bits per heavy atom. The number of hydrogen-bond acceptors (Lipinski definition) is 4. The third kappa shape index (κ3) is 2.87. The first-order valence-corrected chi connectivity index (χ1v) is 7.09. The highest BCUT2D eigenvalue weighted by Gasteiger charge is 2.08. The van der Waals surface area contributed by atoms with E-state index in [1.807, 2.05) is 55.6 Å². The van der Waals surface area contributed by atoms with Crippen LogP contribution in [0.5, 0.6) is 0 Å². The molecule has 0 radical (unpaired) electrons. The molecule has 1 atom stereocenters. The normalized spacial score (nSPS) is 12.5. The third-order valence-corrected chi connectivity index (χ3v) is 3.46. The first-order chi connectivity index (χ1) is 10.3. The molecular formula is C16H18N4O. The Bertz CT molecular complexity index is 719. The van der Waals surface area contributed by atoms with Crippen LogP contribution < -0.4 is 5.32 Å². The molecule has 0 aliphatic carbocycles. The van der Waals surface area contributed by atoms with E-state index < -0.39 is 0 Å². The van der Waals surface area contributed by atoms with Crippen molar-refractivity contribution in [2.75, 3.05) is 11.9 Å². The van der Waals surface area contributed by atoms with Gasteiger partial charge in [0.15, 0.2) is 5.65 Å². The summed E-state index contributed by atoms with van der Waals surface area (Å²) in [6, 6.07) is 13.9. The maximum atomic E-state index is 9.25. The molecule has 1 unspecified atom stereocenters. The van der Waals surface area contributed by atoms with Gasteiger partial charge in [-0.05, 0) is 12.5 Å². The van der Waals surface area contributed by atoms with Crippen LogP contribution in [0.4, 0.5) is 5.82 Å². The Hall–Kier alpha value is -2.40. The number of aromatic nitrogens is 3. The van der Waals surface area contributed by atoms with Gasteiger partial charge in [-0.1, -0.05) is 37.3 Å². The van der Waals surface area contributed by atoms with Crippen molar-refractivity contribution in [1.82, 2.24) is 14.6 Å². The van der Waals surface area contributed by atoms with Crippen molar-refractivity contribution in [2.45, 2.75) is 19.4 Å². The molecule has 3 rings (SSSR count). The molecule has 3 aromatic rings. The molecule has 108 valence electrons. The van der Waals surface area contributed by atoms with E-state index >= 15 is 0 Å². The summed E-state index contributed by atoms with van der Waals surface area (Å²) in [6.07, 6.45) is 2.72. The number of nitrogens with one attached hydrogen (secondary N) is 1. The lowest BCUT2D eigenvalue weighted by Gasteiger charge is -2.14. The van der Waals surface area contributed by atoms with Gasteiger partial charge in [0.05, 0.1) is 18.3 Å². The summed E-state index contributed by atoms with van der Waals surface area (Å²) in [6.45, 7) is 2.12. The molecule has 5 nitrogen and oxygen atoms in total. The molecule has 0 bridgehead atoms. The van der Waals surface area contributed by atoms with Crippen molar-refractivity contribution in [1.29, 1.82) is 0 Å². The van der Waals surface area contributed by atoms with Crippen molar-refractivity contribution in [2.24, 2.45) is 0 Å². The fourth-order valence-electron chi connectivity index (χ4n) is 2.20. The van der Waals surface area contributed by atoms with Crippen LogP contribution in [0.1, 0.15) is 13.3 Å². The number of aliphatic hydroxyl groups is 1. The van der Waals surface area contributed by atoms with E-state index in [1.165, 1.54) is 0 Å². The molecule has 2 heterocycles. The third-order valence-electron chi connectivity index (χ3n) is 3.46. The van der Waals surface area contributed by atoms with Gasteiger partial charge in [-0.3, -0.25) is 0 Å². The van der Waals surface area contributed by atoms with Crippen molar-refractivity contribution < 1.29 is 5.11 Å².